The number of alkyl halides is 1. The van der Waals surface area contributed by atoms with Crippen molar-refractivity contribution in [3.8, 4) is 0 Å². The smallest absolute Gasteiger partial charge is 0.245 e. The molecule has 0 fully saturated rings. The highest BCUT2D eigenvalue weighted by Crippen LogP contribution is 2.26. The average Bonchev–Trinajstić information content (AvgIpc) is 2.96. The quantitative estimate of drug-likeness (QED) is 0.723. The first-order valence-corrected chi connectivity index (χ1v) is 8.71. The molecule has 118 valence electrons. The van der Waals surface area contributed by atoms with Gasteiger partial charge in [-0.25, -0.2) is 0 Å². The van der Waals surface area contributed by atoms with E-state index >= 15 is 0 Å². The summed E-state index contributed by atoms with van der Waals surface area (Å²) in [5, 5.41) is 7.92. The summed E-state index contributed by atoms with van der Waals surface area (Å²) in [4.78, 5) is 14.3. The lowest BCUT2D eigenvalue weighted by Crippen LogP contribution is -2.36. The van der Waals surface area contributed by atoms with Gasteiger partial charge in [0, 0.05) is 5.69 Å². The predicted octanol–water partition coefficient (Wildman–Crippen LogP) is 4.30. The molecule has 1 heterocycles. The SMILES string of the molecule is CCc1ccccc1N(Cc1nnc(Cl)s1)C(=O)C(Cl)CC. The molecule has 0 spiro atoms. The largest absolute Gasteiger partial charge is 0.304 e. The fourth-order valence-corrected chi connectivity index (χ4v) is 3.11. The van der Waals surface area contributed by atoms with E-state index in [9.17, 15) is 4.79 Å². The van der Waals surface area contributed by atoms with Gasteiger partial charge in [0.1, 0.15) is 10.4 Å². The lowest BCUT2D eigenvalue weighted by molar-refractivity contribution is -0.118. The van der Waals surface area contributed by atoms with Crippen molar-refractivity contribution in [1.29, 1.82) is 0 Å². The van der Waals surface area contributed by atoms with Crippen LogP contribution in [0.25, 0.3) is 0 Å². The Morgan fingerprint density at radius 1 is 1.32 bits per heavy atom. The normalized spacial score (nSPS) is 12.2. The number of rotatable bonds is 6. The van der Waals surface area contributed by atoms with Crippen LogP contribution >= 0.6 is 34.5 Å². The molecule has 0 aliphatic carbocycles. The van der Waals surface area contributed by atoms with E-state index in [4.69, 9.17) is 23.2 Å². The molecule has 2 rings (SSSR count). The summed E-state index contributed by atoms with van der Waals surface area (Å²) in [6, 6.07) is 7.82. The third-order valence-corrected chi connectivity index (χ3v) is 4.79. The number of anilines is 1. The monoisotopic (exact) mass is 357 g/mol. The molecule has 7 heteroatoms. The van der Waals surface area contributed by atoms with Gasteiger partial charge >= 0.3 is 0 Å². The maximum Gasteiger partial charge on any atom is 0.245 e. The van der Waals surface area contributed by atoms with Crippen LogP contribution in [0.3, 0.4) is 0 Å². The Morgan fingerprint density at radius 2 is 2.05 bits per heavy atom. The summed E-state index contributed by atoms with van der Waals surface area (Å²) >= 11 is 13.3. The number of carbonyl (C=O) groups is 1. The molecule has 4 nitrogen and oxygen atoms in total. The molecule has 0 bridgehead atoms. The highest BCUT2D eigenvalue weighted by molar-refractivity contribution is 7.15. The number of halogens is 2. The van der Waals surface area contributed by atoms with Crippen LogP contribution < -0.4 is 4.90 Å². The third-order valence-electron chi connectivity index (χ3n) is 3.29. The van der Waals surface area contributed by atoms with Crippen LogP contribution in [-0.2, 0) is 17.8 Å². The van der Waals surface area contributed by atoms with E-state index in [2.05, 4.69) is 17.1 Å². The lowest BCUT2D eigenvalue weighted by Gasteiger charge is -2.25. The predicted molar refractivity (Wildman–Crippen MR) is 91.9 cm³/mol. The second kappa shape index (κ2) is 7.90. The lowest BCUT2D eigenvalue weighted by atomic mass is 10.1. The zero-order valence-electron chi connectivity index (χ0n) is 12.4. The molecular weight excluding hydrogens is 341 g/mol. The second-order valence-corrected chi connectivity index (χ2v) is 6.90. The summed E-state index contributed by atoms with van der Waals surface area (Å²) in [5.74, 6) is -0.128. The third kappa shape index (κ3) is 3.97. The number of aromatic nitrogens is 2. The first kappa shape index (κ1) is 17.2. The first-order valence-electron chi connectivity index (χ1n) is 7.08. The van der Waals surface area contributed by atoms with Crippen LogP contribution in [0, 0.1) is 0 Å². The van der Waals surface area contributed by atoms with Crippen molar-refractivity contribution in [2.75, 3.05) is 4.90 Å². The zero-order valence-corrected chi connectivity index (χ0v) is 14.8. The number of aryl methyl sites for hydroxylation is 1. The van der Waals surface area contributed by atoms with Crippen LogP contribution in [0.2, 0.25) is 4.47 Å². The van der Waals surface area contributed by atoms with E-state index in [1.807, 2.05) is 31.2 Å². The Hall–Kier alpha value is -1.17. The van der Waals surface area contributed by atoms with Gasteiger partial charge in [0.05, 0.1) is 6.54 Å². The van der Waals surface area contributed by atoms with Crippen molar-refractivity contribution in [3.63, 3.8) is 0 Å². The standard InChI is InChI=1S/C15H17Cl2N3OS/c1-3-10-7-5-6-8-12(10)20(14(21)11(16)4-2)9-13-18-19-15(17)22-13/h5-8,11H,3-4,9H2,1-2H3. The first-order chi connectivity index (χ1) is 10.6. The summed E-state index contributed by atoms with van der Waals surface area (Å²) < 4.78 is 0.365. The molecule has 0 aliphatic rings. The molecule has 0 saturated heterocycles. The van der Waals surface area contributed by atoms with Gasteiger partial charge in [0.2, 0.25) is 10.4 Å². The van der Waals surface area contributed by atoms with Crippen molar-refractivity contribution < 1.29 is 4.79 Å². The van der Waals surface area contributed by atoms with Gasteiger partial charge < -0.3 is 4.90 Å². The van der Waals surface area contributed by atoms with E-state index in [1.54, 1.807) is 4.90 Å². The fourth-order valence-electron chi connectivity index (χ4n) is 2.13. The Kier molecular flexibility index (Phi) is 6.17. The molecule has 22 heavy (non-hydrogen) atoms. The maximum atomic E-state index is 12.7. The minimum atomic E-state index is -0.562. The fraction of sp³-hybridized carbons (Fsp3) is 0.400. The van der Waals surface area contributed by atoms with Gasteiger partial charge in [0.25, 0.3) is 0 Å². The molecule has 1 unspecified atom stereocenters. The molecular formula is C15H17Cl2N3OS. The van der Waals surface area contributed by atoms with Crippen molar-refractivity contribution in [3.05, 3.63) is 39.3 Å². The van der Waals surface area contributed by atoms with Crippen molar-refractivity contribution in [2.45, 2.75) is 38.6 Å². The van der Waals surface area contributed by atoms with E-state index in [0.717, 1.165) is 17.7 Å². The van der Waals surface area contributed by atoms with Crippen LogP contribution in [-0.4, -0.2) is 21.5 Å². The van der Waals surface area contributed by atoms with E-state index in [-0.39, 0.29) is 5.91 Å². The number of amides is 1. The number of hydrogen-bond acceptors (Lipinski definition) is 4. The van der Waals surface area contributed by atoms with Crippen molar-refractivity contribution in [1.82, 2.24) is 10.2 Å². The maximum absolute atomic E-state index is 12.7. The van der Waals surface area contributed by atoms with Gasteiger partial charge in [-0.1, -0.05) is 43.4 Å². The number of nitrogens with zero attached hydrogens (tertiary/aromatic N) is 3. The number of carbonyl (C=O) groups excluding carboxylic acids is 1. The molecule has 0 N–H and O–H groups in total. The van der Waals surface area contributed by atoms with Crippen molar-refractivity contribution >= 4 is 46.1 Å². The highest BCUT2D eigenvalue weighted by Gasteiger charge is 2.25. The second-order valence-electron chi connectivity index (χ2n) is 4.73. The Labute approximate surface area is 144 Å². The molecule has 1 amide bonds. The summed E-state index contributed by atoms with van der Waals surface area (Å²) in [6.45, 7) is 4.27. The van der Waals surface area contributed by atoms with Crippen molar-refractivity contribution in [2.24, 2.45) is 0 Å². The molecule has 1 aromatic heterocycles. The van der Waals surface area contributed by atoms with Gasteiger partial charge in [-0.2, -0.15) is 0 Å². The van der Waals surface area contributed by atoms with Gasteiger partial charge in [-0.05, 0) is 36.1 Å². The highest BCUT2D eigenvalue weighted by atomic mass is 35.5. The zero-order chi connectivity index (χ0) is 16.1. The van der Waals surface area contributed by atoms with E-state index in [1.165, 1.54) is 11.3 Å². The summed E-state index contributed by atoms with van der Waals surface area (Å²) in [5.41, 5.74) is 1.95. The minimum Gasteiger partial charge on any atom is -0.304 e. The van der Waals surface area contributed by atoms with Crippen LogP contribution in [0.15, 0.2) is 24.3 Å². The van der Waals surface area contributed by atoms with Crippen LogP contribution in [0.4, 0.5) is 5.69 Å². The molecule has 0 radical (unpaired) electrons. The summed E-state index contributed by atoms with van der Waals surface area (Å²) in [7, 11) is 0. The van der Waals surface area contributed by atoms with Crippen LogP contribution in [0.5, 0.6) is 0 Å². The van der Waals surface area contributed by atoms with Gasteiger partial charge in [-0.15, -0.1) is 21.8 Å². The van der Waals surface area contributed by atoms with E-state index in [0.29, 0.717) is 22.4 Å². The van der Waals surface area contributed by atoms with E-state index < -0.39 is 5.38 Å². The Bertz CT molecular complexity index is 647. The number of para-hydroxylation sites is 1. The Balaban J connectivity index is 2.38. The van der Waals surface area contributed by atoms with Gasteiger partial charge in [0.15, 0.2) is 0 Å². The molecule has 0 aliphatic heterocycles. The molecule has 1 atom stereocenters. The number of hydrogen-bond donors (Lipinski definition) is 0. The molecule has 0 saturated carbocycles. The molecule has 2 aromatic rings. The topological polar surface area (TPSA) is 46.1 Å². The average molecular weight is 358 g/mol. The van der Waals surface area contributed by atoms with Crippen LogP contribution in [0.1, 0.15) is 30.8 Å². The number of benzene rings is 1. The van der Waals surface area contributed by atoms with Gasteiger partial charge in [-0.3, -0.25) is 4.79 Å². The Morgan fingerprint density at radius 3 is 2.64 bits per heavy atom. The molecule has 1 aromatic carbocycles. The minimum absolute atomic E-state index is 0.128. The summed E-state index contributed by atoms with van der Waals surface area (Å²) in [6.07, 6.45) is 1.40.